The number of piperazine rings is 1. The molecule has 1 aromatic rings. The Morgan fingerprint density at radius 1 is 1.61 bits per heavy atom. The van der Waals surface area contributed by atoms with Gasteiger partial charge in [-0.2, -0.15) is 0 Å². The molecule has 0 saturated carbocycles. The topological polar surface area (TPSA) is 82.5 Å². The van der Waals surface area contributed by atoms with E-state index in [0.717, 1.165) is 6.20 Å². The SMILES string of the molecule is O=C1CN(Cc2cncc(F)c2)C(C(=O)O)CN1. The number of carboxylic acids is 1. The molecule has 2 N–H and O–H groups in total. The standard InChI is InChI=1S/C11H12FN3O3/c12-8-1-7(2-13-3-8)5-15-6-10(16)14-4-9(15)11(17)18/h1-3,9H,4-6H2,(H,14,16)(H,17,18). The molecule has 18 heavy (non-hydrogen) atoms. The molecule has 6 nitrogen and oxygen atoms in total. The Labute approximate surface area is 102 Å². The van der Waals surface area contributed by atoms with Gasteiger partial charge in [-0.05, 0) is 11.6 Å². The van der Waals surface area contributed by atoms with Crippen molar-refractivity contribution >= 4 is 11.9 Å². The third-order valence-electron chi connectivity index (χ3n) is 2.71. The van der Waals surface area contributed by atoms with Crippen molar-refractivity contribution < 1.29 is 19.1 Å². The number of nitrogens with zero attached hydrogens (tertiary/aromatic N) is 2. The summed E-state index contributed by atoms with van der Waals surface area (Å²) in [4.78, 5) is 27.5. The van der Waals surface area contributed by atoms with Crippen molar-refractivity contribution in [2.75, 3.05) is 13.1 Å². The lowest BCUT2D eigenvalue weighted by molar-refractivity contribution is -0.146. The largest absolute Gasteiger partial charge is 0.480 e. The van der Waals surface area contributed by atoms with Crippen LogP contribution in [0.4, 0.5) is 4.39 Å². The highest BCUT2D eigenvalue weighted by molar-refractivity contribution is 5.83. The van der Waals surface area contributed by atoms with Crippen molar-refractivity contribution in [1.29, 1.82) is 0 Å². The van der Waals surface area contributed by atoms with E-state index in [1.54, 1.807) is 0 Å². The van der Waals surface area contributed by atoms with Crippen molar-refractivity contribution in [3.63, 3.8) is 0 Å². The molecule has 0 spiro atoms. The first-order valence-corrected chi connectivity index (χ1v) is 5.39. The van der Waals surface area contributed by atoms with Crippen LogP contribution in [-0.4, -0.2) is 46.0 Å². The summed E-state index contributed by atoms with van der Waals surface area (Å²) >= 11 is 0. The van der Waals surface area contributed by atoms with Crippen molar-refractivity contribution in [2.45, 2.75) is 12.6 Å². The van der Waals surface area contributed by atoms with Crippen LogP contribution < -0.4 is 5.32 Å². The molecule has 1 aliphatic heterocycles. The lowest BCUT2D eigenvalue weighted by Crippen LogP contribution is -2.56. The normalized spacial score (nSPS) is 20.5. The lowest BCUT2D eigenvalue weighted by atomic mass is 10.1. The van der Waals surface area contributed by atoms with Crippen LogP contribution in [0.25, 0.3) is 0 Å². The number of hydrogen-bond donors (Lipinski definition) is 2. The second-order valence-corrected chi connectivity index (χ2v) is 4.07. The molecule has 2 heterocycles. The number of amides is 1. The van der Waals surface area contributed by atoms with Crippen LogP contribution in [-0.2, 0) is 16.1 Å². The quantitative estimate of drug-likeness (QED) is 0.766. The predicted octanol–water partition coefficient (Wildman–Crippen LogP) is -0.394. The monoisotopic (exact) mass is 253 g/mol. The summed E-state index contributed by atoms with van der Waals surface area (Å²) < 4.78 is 13.0. The maximum atomic E-state index is 13.0. The molecule has 0 bridgehead atoms. The second-order valence-electron chi connectivity index (χ2n) is 4.07. The molecular weight excluding hydrogens is 241 g/mol. The van der Waals surface area contributed by atoms with Gasteiger partial charge in [-0.15, -0.1) is 0 Å². The van der Waals surface area contributed by atoms with E-state index in [9.17, 15) is 14.0 Å². The number of rotatable bonds is 3. The minimum Gasteiger partial charge on any atom is -0.480 e. The number of carbonyl (C=O) groups is 2. The summed E-state index contributed by atoms with van der Waals surface area (Å²) in [5.41, 5.74) is 0.538. The van der Waals surface area contributed by atoms with Crippen molar-refractivity contribution in [1.82, 2.24) is 15.2 Å². The van der Waals surface area contributed by atoms with Gasteiger partial charge in [0.15, 0.2) is 0 Å². The summed E-state index contributed by atoms with van der Waals surface area (Å²) in [5.74, 6) is -1.74. The average molecular weight is 253 g/mol. The minimum atomic E-state index is -1.01. The van der Waals surface area contributed by atoms with Gasteiger partial charge in [0.25, 0.3) is 0 Å². The van der Waals surface area contributed by atoms with Crippen molar-refractivity contribution in [2.24, 2.45) is 0 Å². The zero-order valence-electron chi connectivity index (χ0n) is 9.47. The Bertz CT molecular complexity index is 480. The summed E-state index contributed by atoms with van der Waals surface area (Å²) in [5, 5.41) is 11.5. The zero-order chi connectivity index (χ0) is 13.1. The Hall–Kier alpha value is -2.02. The highest BCUT2D eigenvalue weighted by Crippen LogP contribution is 2.11. The third-order valence-corrected chi connectivity index (χ3v) is 2.71. The van der Waals surface area contributed by atoms with Gasteiger partial charge in [0.1, 0.15) is 11.9 Å². The molecule has 1 aliphatic rings. The maximum absolute atomic E-state index is 13.0. The number of nitrogens with one attached hydrogen (secondary N) is 1. The van der Waals surface area contributed by atoms with Gasteiger partial charge in [0.05, 0.1) is 12.7 Å². The lowest BCUT2D eigenvalue weighted by Gasteiger charge is -2.32. The van der Waals surface area contributed by atoms with Crippen LogP contribution >= 0.6 is 0 Å². The molecule has 96 valence electrons. The molecule has 0 radical (unpaired) electrons. The molecule has 2 rings (SSSR count). The fourth-order valence-corrected chi connectivity index (χ4v) is 1.88. The van der Waals surface area contributed by atoms with Crippen LogP contribution in [0.15, 0.2) is 18.5 Å². The van der Waals surface area contributed by atoms with E-state index in [-0.39, 0.29) is 25.5 Å². The van der Waals surface area contributed by atoms with E-state index in [1.165, 1.54) is 17.2 Å². The van der Waals surface area contributed by atoms with Gasteiger partial charge in [-0.1, -0.05) is 0 Å². The summed E-state index contributed by atoms with van der Waals surface area (Å²) in [7, 11) is 0. The number of halogens is 1. The summed E-state index contributed by atoms with van der Waals surface area (Å²) in [6.45, 7) is 0.208. The van der Waals surface area contributed by atoms with Gasteiger partial charge >= 0.3 is 5.97 Å². The van der Waals surface area contributed by atoms with Gasteiger partial charge < -0.3 is 10.4 Å². The Balaban J connectivity index is 2.13. The van der Waals surface area contributed by atoms with Gasteiger partial charge in [0.2, 0.25) is 5.91 Å². The summed E-state index contributed by atoms with van der Waals surface area (Å²) in [6.07, 6.45) is 2.52. The first-order chi connectivity index (χ1) is 8.56. The van der Waals surface area contributed by atoms with Crippen LogP contribution in [0.2, 0.25) is 0 Å². The smallest absolute Gasteiger partial charge is 0.322 e. The number of aliphatic carboxylic acids is 1. The fraction of sp³-hybridized carbons (Fsp3) is 0.364. The zero-order valence-corrected chi connectivity index (χ0v) is 9.47. The van der Waals surface area contributed by atoms with Gasteiger partial charge in [-0.3, -0.25) is 19.5 Å². The first-order valence-electron chi connectivity index (χ1n) is 5.39. The number of hydrogen-bond acceptors (Lipinski definition) is 4. The minimum absolute atomic E-state index is 0.0204. The molecule has 1 fully saturated rings. The molecule has 1 unspecified atom stereocenters. The Morgan fingerprint density at radius 3 is 3.06 bits per heavy atom. The molecule has 0 aromatic carbocycles. The van der Waals surface area contributed by atoms with E-state index in [2.05, 4.69) is 10.3 Å². The summed E-state index contributed by atoms with van der Waals surface area (Å²) in [6, 6.07) is 0.476. The molecule has 1 saturated heterocycles. The molecule has 0 aliphatic carbocycles. The first kappa shape index (κ1) is 12.4. The molecule has 1 aromatic heterocycles. The van der Waals surface area contributed by atoms with Crippen LogP contribution in [0.3, 0.4) is 0 Å². The van der Waals surface area contributed by atoms with E-state index >= 15 is 0 Å². The Morgan fingerprint density at radius 2 is 2.39 bits per heavy atom. The predicted molar refractivity (Wildman–Crippen MR) is 59.0 cm³/mol. The number of pyridine rings is 1. The van der Waals surface area contributed by atoms with Crippen LogP contribution in [0, 0.1) is 5.82 Å². The van der Waals surface area contributed by atoms with E-state index < -0.39 is 17.8 Å². The van der Waals surface area contributed by atoms with E-state index in [0.29, 0.717) is 5.56 Å². The maximum Gasteiger partial charge on any atom is 0.322 e. The number of aromatic nitrogens is 1. The van der Waals surface area contributed by atoms with Gasteiger partial charge in [-0.25, -0.2) is 4.39 Å². The highest BCUT2D eigenvalue weighted by Gasteiger charge is 2.31. The Kier molecular flexibility index (Phi) is 3.52. The second kappa shape index (κ2) is 5.09. The number of carbonyl (C=O) groups excluding carboxylic acids is 1. The van der Waals surface area contributed by atoms with Gasteiger partial charge in [0, 0.05) is 19.3 Å². The van der Waals surface area contributed by atoms with E-state index in [1.807, 2.05) is 0 Å². The molecule has 1 amide bonds. The van der Waals surface area contributed by atoms with Crippen molar-refractivity contribution in [3.8, 4) is 0 Å². The fourth-order valence-electron chi connectivity index (χ4n) is 1.88. The van der Waals surface area contributed by atoms with E-state index in [4.69, 9.17) is 5.11 Å². The molecule has 1 atom stereocenters. The average Bonchev–Trinajstić information content (AvgIpc) is 2.28. The molecular formula is C11H12FN3O3. The number of carboxylic acid groups (broad SMARTS) is 1. The van der Waals surface area contributed by atoms with Crippen LogP contribution in [0.1, 0.15) is 5.56 Å². The highest BCUT2D eigenvalue weighted by atomic mass is 19.1. The van der Waals surface area contributed by atoms with Crippen LogP contribution in [0.5, 0.6) is 0 Å². The third kappa shape index (κ3) is 2.80. The van der Waals surface area contributed by atoms with Crippen molar-refractivity contribution in [3.05, 3.63) is 29.8 Å². The molecule has 7 heteroatoms.